The van der Waals surface area contributed by atoms with Gasteiger partial charge in [-0.2, -0.15) is 0 Å². The van der Waals surface area contributed by atoms with Gasteiger partial charge in [0.1, 0.15) is 0 Å². The van der Waals surface area contributed by atoms with Crippen LogP contribution in [0.3, 0.4) is 0 Å². The summed E-state index contributed by atoms with van der Waals surface area (Å²) in [6, 6.07) is 0. The van der Waals surface area contributed by atoms with E-state index in [-0.39, 0.29) is 75.4 Å². The van der Waals surface area contributed by atoms with Crippen molar-refractivity contribution in [2.45, 2.75) is 0 Å². The molecule has 18 heavy (non-hydrogen) atoms. The van der Waals surface area contributed by atoms with Crippen molar-refractivity contribution >= 4 is 23.5 Å². The van der Waals surface area contributed by atoms with Crippen LogP contribution in [0.4, 0.5) is 0 Å². The molecule has 0 N–H and O–H groups in total. The largest absolute Gasteiger partial charge is 1.00 e. The first-order valence-corrected chi connectivity index (χ1v) is 6.98. The van der Waals surface area contributed by atoms with Gasteiger partial charge in [0.2, 0.25) is 0 Å². The molecule has 0 bridgehead atoms. The van der Waals surface area contributed by atoms with E-state index < -0.39 is 23.5 Å². The molecule has 0 saturated heterocycles. The van der Waals surface area contributed by atoms with Gasteiger partial charge in [0.15, 0.2) is 0 Å². The Balaban J connectivity index is -0.000000141. The third kappa shape index (κ3) is 18.8. The maximum absolute atomic E-state index is 10.4. The summed E-state index contributed by atoms with van der Waals surface area (Å²) < 4.78 is 40.0. The molecule has 0 radical (unpaired) electrons. The van der Waals surface area contributed by atoms with Crippen LogP contribution >= 0.6 is 23.5 Å². The predicted octanol–water partition coefficient (Wildman–Crippen LogP) is -14.6. The van der Waals surface area contributed by atoms with Crippen molar-refractivity contribution in [2.24, 2.45) is 0 Å². The molecule has 0 heterocycles. The number of hydrogen-bond acceptors (Lipinski definition) is 10. The van der Waals surface area contributed by atoms with E-state index in [0.717, 1.165) is 0 Å². The van der Waals surface area contributed by atoms with Crippen LogP contribution < -0.4 is 95.0 Å². The fourth-order valence-corrected chi connectivity index (χ4v) is 2.91. The third-order valence-electron chi connectivity index (χ3n) is 0.624. The number of hydrogen-bond donors (Lipinski definition) is 0. The molecule has 0 amide bonds. The first-order valence-electron chi connectivity index (χ1n) is 2.60. The Bertz CT molecular complexity index is 338. The van der Waals surface area contributed by atoms with Crippen molar-refractivity contribution in [1.29, 1.82) is 0 Å². The van der Waals surface area contributed by atoms with E-state index in [0.29, 0.717) is 7.11 Å². The Kier molecular flexibility index (Phi) is 22.4. The maximum atomic E-state index is 10.4. The Labute approximate surface area is 151 Å². The number of rotatable bonds is 5. The fraction of sp³-hybridized carbons (Fsp3) is 1.00. The zero-order valence-corrected chi connectivity index (χ0v) is 13.1. The van der Waals surface area contributed by atoms with Crippen molar-refractivity contribution in [1.82, 2.24) is 0 Å². The number of phosphoric acid groups is 3. The van der Waals surface area contributed by atoms with Crippen molar-refractivity contribution in [3.63, 3.8) is 0 Å². The van der Waals surface area contributed by atoms with E-state index in [4.69, 9.17) is 0 Å². The molecule has 0 aromatic rings. The topological polar surface area (TPSA) is 171 Å². The van der Waals surface area contributed by atoms with Crippen LogP contribution in [-0.2, 0) is 26.8 Å². The van der Waals surface area contributed by atoms with Crippen LogP contribution in [0.15, 0.2) is 0 Å². The molecule has 0 aliphatic heterocycles. The first-order chi connectivity index (χ1) is 5.97. The molecular weight excluding hydrogens is 293 g/mol. The quantitative estimate of drug-likeness (QED) is 0.350. The van der Waals surface area contributed by atoms with Crippen molar-refractivity contribution in [3.8, 4) is 0 Å². The van der Waals surface area contributed by atoms with Gasteiger partial charge in [0.25, 0.3) is 15.6 Å². The SMILES string of the molecule is COP(=O)([O-])OP(=O)([O-])OP(=O)([O-])[O-].[Li+].[Li+].[Li+].[Li+]. The molecule has 0 saturated carbocycles. The zero-order chi connectivity index (χ0) is 11.6. The summed E-state index contributed by atoms with van der Waals surface area (Å²) in [4.78, 5) is 40.3. The minimum Gasteiger partial charge on any atom is -0.790 e. The molecule has 86 valence electrons. The van der Waals surface area contributed by atoms with E-state index in [1.54, 1.807) is 0 Å². The van der Waals surface area contributed by atoms with Crippen molar-refractivity contribution < 1.29 is 122 Å². The minimum absolute atomic E-state index is 0. The summed E-state index contributed by atoms with van der Waals surface area (Å²) in [6.07, 6.45) is 0. The predicted molar refractivity (Wildman–Crippen MR) is 32.0 cm³/mol. The summed E-state index contributed by atoms with van der Waals surface area (Å²) in [6.45, 7) is 0. The molecule has 10 nitrogen and oxygen atoms in total. The maximum Gasteiger partial charge on any atom is 1.00 e. The van der Waals surface area contributed by atoms with Crippen molar-refractivity contribution in [2.75, 3.05) is 7.11 Å². The van der Waals surface area contributed by atoms with E-state index in [1.807, 2.05) is 0 Å². The van der Waals surface area contributed by atoms with Gasteiger partial charge in [-0.25, -0.2) is 4.31 Å². The van der Waals surface area contributed by atoms with Gasteiger partial charge in [0, 0.05) is 7.11 Å². The zero-order valence-electron chi connectivity index (χ0n) is 10.4. The van der Waals surface area contributed by atoms with Gasteiger partial charge >= 0.3 is 75.4 Å². The van der Waals surface area contributed by atoms with E-state index in [2.05, 4.69) is 13.1 Å². The molecule has 0 aromatic heterocycles. The molecule has 0 spiro atoms. The molecule has 0 aliphatic carbocycles. The molecule has 2 atom stereocenters. The van der Waals surface area contributed by atoms with Crippen LogP contribution in [0.2, 0.25) is 0 Å². The van der Waals surface area contributed by atoms with Crippen molar-refractivity contribution in [3.05, 3.63) is 0 Å². The molecule has 0 aromatic carbocycles. The Morgan fingerprint density at radius 1 is 0.722 bits per heavy atom. The van der Waals surface area contributed by atoms with Crippen LogP contribution in [0.25, 0.3) is 0 Å². The molecule has 0 aliphatic rings. The summed E-state index contributed by atoms with van der Waals surface area (Å²) in [5.41, 5.74) is 0. The summed E-state index contributed by atoms with van der Waals surface area (Å²) in [5.74, 6) is 0. The average molecular weight is 296 g/mol. The Morgan fingerprint density at radius 3 is 1.28 bits per heavy atom. The van der Waals surface area contributed by atoms with Crippen LogP contribution in [0.5, 0.6) is 0 Å². The van der Waals surface area contributed by atoms with E-state index in [9.17, 15) is 33.3 Å². The Hall–Kier alpha value is 2.80. The normalized spacial score (nSPS) is 16.5. The van der Waals surface area contributed by atoms with E-state index in [1.165, 1.54) is 0 Å². The second-order valence-electron chi connectivity index (χ2n) is 1.69. The molecular formula is CH3Li4O10P3. The number of phosphoric ester groups is 1. The van der Waals surface area contributed by atoms with Gasteiger partial charge in [-0.15, -0.1) is 0 Å². The van der Waals surface area contributed by atoms with Crippen LogP contribution in [0.1, 0.15) is 0 Å². The fourth-order valence-electron chi connectivity index (χ4n) is 0.293. The summed E-state index contributed by atoms with van der Waals surface area (Å²) in [7, 11) is -16.4. The monoisotopic (exact) mass is 296 g/mol. The van der Waals surface area contributed by atoms with Gasteiger partial charge in [-0.1, -0.05) is 0 Å². The van der Waals surface area contributed by atoms with Gasteiger partial charge in [0.05, 0.1) is 7.82 Å². The van der Waals surface area contributed by atoms with Crippen LogP contribution in [-0.4, -0.2) is 7.11 Å². The second kappa shape index (κ2) is 12.4. The molecule has 0 rings (SSSR count). The summed E-state index contributed by atoms with van der Waals surface area (Å²) in [5, 5.41) is 0. The third-order valence-corrected chi connectivity index (χ3v) is 4.27. The van der Waals surface area contributed by atoms with Gasteiger partial charge < -0.3 is 28.7 Å². The van der Waals surface area contributed by atoms with E-state index >= 15 is 0 Å². The minimum atomic E-state index is -5.90. The average Bonchev–Trinajstić information content (AvgIpc) is 1.78. The standard InChI is InChI=1S/CH7O10P3.4Li/c1-9-13(5,6)11-14(7,8)10-12(2,3)4;;;;/h1H3,(H,5,6)(H,7,8)(H2,2,3,4);;;;/q;4*+1/p-4. The second-order valence-corrected chi connectivity index (χ2v) is 6.04. The smallest absolute Gasteiger partial charge is 0.790 e. The molecule has 2 unspecified atom stereocenters. The van der Waals surface area contributed by atoms with Crippen LogP contribution in [0, 0.1) is 0 Å². The van der Waals surface area contributed by atoms with Gasteiger partial charge in [-0.3, -0.25) is 13.4 Å². The van der Waals surface area contributed by atoms with Gasteiger partial charge in [-0.05, 0) is 0 Å². The Morgan fingerprint density at radius 2 is 1.06 bits per heavy atom. The molecule has 17 heteroatoms. The molecule has 0 fully saturated rings. The summed E-state index contributed by atoms with van der Waals surface area (Å²) >= 11 is 0. The first kappa shape index (κ1) is 32.7.